The van der Waals surface area contributed by atoms with Gasteiger partial charge < -0.3 is 14.0 Å². The number of nitrogens with zero attached hydrogens (tertiary/aromatic N) is 3. The van der Waals surface area contributed by atoms with E-state index in [-0.39, 0.29) is 0 Å². The molecule has 0 bridgehead atoms. The third-order valence-corrected chi connectivity index (χ3v) is 19.0. The maximum absolute atomic E-state index is 2.60. The number of thiophene rings is 1. The summed E-state index contributed by atoms with van der Waals surface area (Å²) in [5, 5.41) is 9.83. The molecule has 1 spiro atoms. The average molecular weight is 1050 g/mol. The van der Waals surface area contributed by atoms with E-state index in [0.717, 1.165) is 39.5 Å². The fourth-order valence-corrected chi connectivity index (χ4v) is 15.7. The van der Waals surface area contributed by atoms with Gasteiger partial charge in [0.25, 0.3) is 0 Å². The zero-order valence-electron chi connectivity index (χ0n) is 43.9. The van der Waals surface area contributed by atoms with Crippen LogP contribution in [0.3, 0.4) is 0 Å². The molecular formula is C77H47N3S. The maximum atomic E-state index is 2.60. The summed E-state index contributed by atoms with van der Waals surface area (Å²) >= 11 is 1.87. The van der Waals surface area contributed by atoms with Crippen molar-refractivity contribution in [2.75, 3.05) is 4.90 Å². The van der Waals surface area contributed by atoms with Crippen LogP contribution in [0.15, 0.2) is 285 Å². The van der Waals surface area contributed by atoms with Crippen molar-refractivity contribution in [3.63, 3.8) is 0 Å². The van der Waals surface area contributed by atoms with Crippen molar-refractivity contribution in [1.82, 2.24) is 9.13 Å². The Labute approximate surface area is 471 Å². The van der Waals surface area contributed by atoms with Crippen molar-refractivity contribution >= 4 is 103 Å². The van der Waals surface area contributed by atoms with Crippen LogP contribution in [-0.4, -0.2) is 9.13 Å². The lowest BCUT2D eigenvalue weighted by Crippen LogP contribution is -2.26. The molecule has 0 unspecified atom stereocenters. The van der Waals surface area contributed by atoms with Crippen molar-refractivity contribution in [2.45, 2.75) is 5.41 Å². The Hall–Kier alpha value is -10.3. The van der Waals surface area contributed by atoms with Crippen molar-refractivity contribution < 1.29 is 0 Å². The second kappa shape index (κ2) is 16.9. The molecule has 2 aliphatic rings. The molecule has 3 nitrogen and oxygen atoms in total. The van der Waals surface area contributed by atoms with Crippen LogP contribution in [0.1, 0.15) is 22.3 Å². The Kier molecular flexibility index (Phi) is 9.31. The van der Waals surface area contributed by atoms with Gasteiger partial charge in [-0.2, -0.15) is 0 Å². The molecular weight excluding hydrogens is 999 g/mol. The topological polar surface area (TPSA) is 13.1 Å². The van der Waals surface area contributed by atoms with Crippen molar-refractivity contribution in [2.24, 2.45) is 0 Å². The van der Waals surface area contributed by atoms with Gasteiger partial charge in [-0.25, -0.2) is 0 Å². The minimum Gasteiger partial charge on any atom is -0.309 e. The van der Waals surface area contributed by atoms with Gasteiger partial charge in [-0.15, -0.1) is 11.3 Å². The van der Waals surface area contributed by atoms with E-state index in [1.165, 1.54) is 119 Å². The molecule has 0 fully saturated rings. The van der Waals surface area contributed by atoms with Crippen LogP contribution in [0.2, 0.25) is 0 Å². The van der Waals surface area contributed by atoms with E-state index in [4.69, 9.17) is 0 Å². The van der Waals surface area contributed by atoms with E-state index in [9.17, 15) is 0 Å². The quantitative estimate of drug-likeness (QED) is 0.162. The van der Waals surface area contributed by atoms with Crippen molar-refractivity contribution in [3.8, 4) is 44.8 Å². The van der Waals surface area contributed by atoms with Crippen LogP contribution in [0, 0.1) is 0 Å². The minimum absolute atomic E-state index is 0.509. The van der Waals surface area contributed by atoms with Crippen LogP contribution < -0.4 is 4.90 Å². The lowest BCUT2D eigenvalue weighted by atomic mass is 9.70. The number of anilines is 3. The highest BCUT2D eigenvalue weighted by molar-refractivity contribution is 7.25. The van der Waals surface area contributed by atoms with Gasteiger partial charge in [-0.05, 0) is 140 Å². The molecule has 13 aromatic carbocycles. The van der Waals surface area contributed by atoms with E-state index in [2.05, 4.69) is 299 Å². The van der Waals surface area contributed by atoms with Gasteiger partial charge in [0, 0.05) is 64.0 Å². The number of hydrogen-bond donors (Lipinski definition) is 0. The predicted molar refractivity (Wildman–Crippen MR) is 342 cm³/mol. The van der Waals surface area contributed by atoms with Crippen LogP contribution in [0.5, 0.6) is 0 Å². The first-order chi connectivity index (χ1) is 40.2. The third-order valence-electron chi connectivity index (χ3n) is 17.9. The van der Waals surface area contributed by atoms with Gasteiger partial charge >= 0.3 is 0 Å². The number of aromatic nitrogens is 2. The Morgan fingerprint density at radius 3 is 1.75 bits per heavy atom. The van der Waals surface area contributed by atoms with Gasteiger partial charge in [0.2, 0.25) is 0 Å². The van der Waals surface area contributed by atoms with E-state index < -0.39 is 5.41 Å². The fraction of sp³-hybridized carbons (Fsp3) is 0.0130. The molecule has 18 rings (SSSR count). The summed E-state index contributed by atoms with van der Waals surface area (Å²) in [5.74, 6) is 0. The average Bonchev–Trinajstić information content (AvgIpc) is 2.96. The second-order valence-electron chi connectivity index (χ2n) is 21.9. The number of fused-ring (bicyclic) bond motifs is 20. The SMILES string of the molecule is c1ccc(-n2c3ccccc3c3c(N(c4ccc5c(c4)c4ccc(-c6ccc7sc8ccccc8c7c6)cc4n5-c4cccc5ccccc45)c4cccc5c4-c4ccccc4C54c5ccccc5-c5ccccc54)cccc32)cc1. The predicted octanol–water partition coefficient (Wildman–Crippen LogP) is 20.9. The molecule has 0 amide bonds. The van der Waals surface area contributed by atoms with Crippen LogP contribution in [-0.2, 0) is 5.41 Å². The Morgan fingerprint density at radius 1 is 0.321 bits per heavy atom. The molecule has 0 atom stereocenters. The third kappa shape index (κ3) is 6.12. The Morgan fingerprint density at radius 2 is 0.914 bits per heavy atom. The molecule has 376 valence electrons. The zero-order chi connectivity index (χ0) is 52.9. The first-order valence-corrected chi connectivity index (χ1v) is 28.8. The van der Waals surface area contributed by atoms with E-state index in [1.807, 2.05) is 11.3 Å². The van der Waals surface area contributed by atoms with E-state index in [1.54, 1.807) is 0 Å². The number of benzene rings is 13. The molecule has 16 aromatic rings. The van der Waals surface area contributed by atoms with Crippen LogP contribution in [0.4, 0.5) is 17.1 Å². The lowest BCUT2D eigenvalue weighted by Gasteiger charge is -2.32. The minimum atomic E-state index is -0.509. The summed E-state index contributed by atoms with van der Waals surface area (Å²) in [6.07, 6.45) is 0. The van der Waals surface area contributed by atoms with Crippen molar-refractivity contribution in [3.05, 3.63) is 307 Å². The second-order valence-corrected chi connectivity index (χ2v) is 22.9. The molecule has 0 saturated heterocycles. The van der Waals surface area contributed by atoms with Crippen LogP contribution in [0.25, 0.3) is 119 Å². The largest absolute Gasteiger partial charge is 0.309 e. The van der Waals surface area contributed by atoms with Crippen LogP contribution >= 0.6 is 11.3 Å². The molecule has 4 heteroatoms. The highest BCUT2D eigenvalue weighted by Gasteiger charge is 2.52. The highest BCUT2D eigenvalue weighted by Crippen LogP contribution is 2.65. The molecule has 2 aliphatic carbocycles. The summed E-state index contributed by atoms with van der Waals surface area (Å²) in [6, 6.07) is 107. The Bertz CT molecular complexity index is 5270. The number of rotatable bonds is 6. The lowest BCUT2D eigenvalue weighted by molar-refractivity contribution is 0.794. The fourth-order valence-electron chi connectivity index (χ4n) is 14.7. The molecule has 0 radical (unpaired) electrons. The first-order valence-electron chi connectivity index (χ1n) is 28.0. The summed E-state index contributed by atoms with van der Waals surface area (Å²) in [4.78, 5) is 2.60. The Balaban J connectivity index is 0.939. The van der Waals surface area contributed by atoms with Crippen molar-refractivity contribution in [1.29, 1.82) is 0 Å². The smallest absolute Gasteiger partial charge is 0.0726 e. The van der Waals surface area contributed by atoms with E-state index in [0.29, 0.717) is 0 Å². The van der Waals surface area contributed by atoms with Gasteiger partial charge in [0.05, 0.1) is 44.5 Å². The molecule has 0 N–H and O–H groups in total. The monoisotopic (exact) mass is 1050 g/mol. The van der Waals surface area contributed by atoms with Gasteiger partial charge in [-0.1, -0.05) is 200 Å². The van der Waals surface area contributed by atoms with Gasteiger partial charge in [-0.3, -0.25) is 0 Å². The molecule has 0 saturated carbocycles. The summed E-state index contributed by atoms with van der Waals surface area (Å²) < 4.78 is 7.59. The number of hydrogen-bond acceptors (Lipinski definition) is 2. The summed E-state index contributed by atoms with van der Waals surface area (Å²) in [6.45, 7) is 0. The maximum Gasteiger partial charge on any atom is 0.0726 e. The normalized spacial score (nSPS) is 13.0. The zero-order valence-corrected chi connectivity index (χ0v) is 44.7. The van der Waals surface area contributed by atoms with Gasteiger partial charge in [0.15, 0.2) is 0 Å². The molecule has 81 heavy (non-hydrogen) atoms. The summed E-state index contributed by atoms with van der Waals surface area (Å²) in [7, 11) is 0. The first kappa shape index (κ1) is 44.7. The summed E-state index contributed by atoms with van der Waals surface area (Å²) in [5.41, 5.74) is 22.6. The number of para-hydroxylation sites is 2. The van der Waals surface area contributed by atoms with Gasteiger partial charge in [0.1, 0.15) is 0 Å². The molecule has 0 aliphatic heterocycles. The molecule has 3 aromatic heterocycles. The molecule has 3 heterocycles. The highest BCUT2D eigenvalue weighted by atomic mass is 32.1. The van der Waals surface area contributed by atoms with E-state index >= 15 is 0 Å². The standard InChI is InChI=1S/C77H47N3S/c1-2-21-51(22-3-1)78-67-33-14-9-28-59(67)76-70(78)36-18-37-71(76)79(69-35-17-32-65-75(69)58-27-8-13-31-64(58)77(65)62-29-11-6-24-54(62)55-25-7-12-30-63(55)77)52-41-43-68-60(47-52)56-42-39-50(49-40-44-74-61(45-49)57-26-10-15-38-73(57)81-74)46-72(56)80(68)66-34-16-20-48-19-4-5-23-53(48)66/h1-47H.